The van der Waals surface area contributed by atoms with Crippen molar-refractivity contribution in [2.24, 2.45) is 5.92 Å². The Morgan fingerprint density at radius 2 is 2.12 bits per heavy atom. The fourth-order valence-electron chi connectivity index (χ4n) is 2.26. The quantitative estimate of drug-likeness (QED) is 0.692. The maximum absolute atomic E-state index is 11.4. The van der Waals surface area contributed by atoms with Crippen LogP contribution in [0.15, 0.2) is 0 Å². The highest BCUT2D eigenvalue weighted by molar-refractivity contribution is 5.77. The molecule has 0 atom stereocenters. The van der Waals surface area contributed by atoms with E-state index in [9.17, 15) is 4.79 Å². The van der Waals surface area contributed by atoms with E-state index in [1.165, 1.54) is 12.8 Å². The van der Waals surface area contributed by atoms with Crippen LogP contribution in [0.3, 0.4) is 0 Å². The summed E-state index contributed by atoms with van der Waals surface area (Å²) in [6.45, 7) is 7.07. The van der Waals surface area contributed by atoms with Gasteiger partial charge in [0.05, 0.1) is 6.54 Å². The van der Waals surface area contributed by atoms with Crippen LogP contribution in [0, 0.1) is 5.92 Å². The predicted molar refractivity (Wildman–Crippen MR) is 66.4 cm³/mol. The Kier molecular flexibility index (Phi) is 6.42. The lowest BCUT2D eigenvalue weighted by molar-refractivity contribution is -0.121. The summed E-state index contributed by atoms with van der Waals surface area (Å²) in [6.07, 6.45) is 3.60. The number of hydrogen-bond donors (Lipinski definition) is 2. The number of carbonyl (C=O) groups is 1. The van der Waals surface area contributed by atoms with Gasteiger partial charge in [-0.15, -0.1) is 0 Å². The van der Waals surface area contributed by atoms with Crippen molar-refractivity contribution in [3.8, 4) is 0 Å². The number of carbonyl (C=O) groups excluding carboxylic acids is 1. The highest BCUT2D eigenvalue weighted by Crippen LogP contribution is 2.13. The molecule has 4 nitrogen and oxygen atoms in total. The van der Waals surface area contributed by atoms with Crippen LogP contribution in [-0.4, -0.2) is 50.6 Å². The predicted octanol–water partition coefficient (Wildman–Crippen LogP) is 0.444. The normalized spacial score (nSPS) is 17.7. The molecule has 0 aliphatic carbocycles. The highest BCUT2D eigenvalue weighted by atomic mass is 16.1. The average Bonchev–Trinajstić information content (AvgIpc) is 2.30. The topological polar surface area (TPSA) is 44.4 Å². The van der Waals surface area contributed by atoms with E-state index in [0.717, 1.165) is 38.5 Å². The van der Waals surface area contributed by atoms with E-state index in [1.807, 2.05) is 0 Å². The van der Waals surface area contributed by atoms with Crippen molar-refractivity contribution >= 4 is 5.91 Å². The lowest BCUT2D eigenvalue weighted by Gasteiger charge is -2.29. The van der Waals surface area contributed by atoms with Crippen molar-refractivity contribution in [2.45, 2.75) is 26.2 Å². The Balaban J connectivity index is 2.33. The van der Waals surface area contributed by atoms with Gasteiger partial charge in [0.1, 0.15) is 0 Å². The van der Waals surface area contributed by atoms with E-state index < -0.39 is 0 Å². The van der Waals surface area contributed by atoms with Crippen molar-refractivity contribution < 1.29 is 4.79 Å². The maximum atomic E-state index is 11.4. The fraction of sp³-hybridized carbons (Fsp3) is 0.917. The van der Waals surface area contributed by atoms with Gasteiger partial charge in [-0.05, 0) is 44.8 Å². The molecule has 0 aromatic heterocycles. The molecule has 4 heteroatoms. The van der Waals surface area contributed by atoms with Gasteiger partial charge in [0.15, 0.2) is 0 Å². The molecule has 1 heterocycles. The first-order chi connectivity index (χ1) is 7.76. The third-order valence-corrected chi connectivity index (χ3v) is 3.16. The standard InChI is InChI=1S/C12H25N3O/c1-3-8-15(10-12(16)13-2)9-11-4-6-14-7-5-11/h11,14H,3-10H2,1-2H3,(H,13,16). The monoisotopic (exact) mass is 227 g/mol. The lowest BCUT2D eigenvalue weighted by Crippen LogP contribution is -2.41. The zero-order valence-electron chi connectivity index (χ0n) is 10.6. The van der Waals surface area contributed by atoms with Gasteiger partial charge in [0.25, 0.3) is 0 Å². The first-order valence-electron chi connectivity index (χ1n) is 6.40. The Labute approximate surface area is 98.8 Å². The minimum atomic E-state index is 0.127. The van der Waals surface area contributed by atoms with Gasteiger partial charge in [-0.25, -0.2) is 0 Å². The molecule has 1 fully saturated rings. The van der Waals surface area contributed by atoms with E-state index in [-0.39, 0.29) is 5.91 Å². The maximum Gasteiger partial charge on any atom is 0.233 e. The van der Waals surface area contributed by atoms with E-state index >= 15 is 0 Å². The Morgan fingerprint density at radius 3 is 2.69 bits per heavy atom. The third-order valence-electron chi connectivity index (χ3n) is 3.16. The van der Waals surface area contributed by atoms with Gasteiger partial charge in [0.2, 0.25) is 5.91 Å². The molecule has 0 radical (unpaired) electrons. The molecule has 1 rings (SSSR count). The molecule has 1 amide bonds. The first-order valence-corrected chi connectivity index (χ1v) is 6.40. The summed E-state index contributed by atoms with van der Waals surface area (Å²) in [4.78, 5) is 13.7. The molecule has 94 valence electrons. The summed E-state index contributed by atoms with van der Waals surface area (Å²) in [5, 5.41) is 6.07. The van der Waals surface area contributed by atoms with Gasteiger partial charge < -0.3 is 10.6 Å². The summed E-state index contributed by atoms with van der Waals surface area (Å²) in [7, 11) is 1.71. The van der Waals surface area contributed by atoms with Crippen LogP contribution >= 0.6 is 0 Å². The third kappa shape index (κ3) is 4.94. The number of nitrogens with zero attached hydrogens (tertiary/aromatic N) is 1. The summed E-state index contributed by atoms with van der Waals surface area (Å²) >= 11 is 0. The number of piperidine rings is 1. The molecule has 0 unspecified atom stereocenters. The van der Waals surface area contributed by atoms with Gasteiger partial charge >= 0.3 is 0 Å². The molecule has 2 N–H and O–H groups in total. The second-order valence-corrected chi connectivity index (χ2v) is 4.60. The molecule has 0 spiro atoms. The average molecular weight is 227 g/mol. The molecule has 1 saturated heterocycles. The minimum Gasteiger partial charge on any atom is -0.358 e. The molecule has 0 aromatic rings. The van der Waals surface area contributed by atoms with E-state index in [0.29, 0.717) is 6.54 Å². The van der Waals surface area contributed by atoms with Crippen LogP contribution in [0.1, 0.15) is 26.2 Å². The van der Waals surface area contributed by atoms with Crippen molar-refractivity contribution in [1.82, 2.24) is 15.5 Å². The van der Waals surface area contributed by atoms with Crippen LogP contribution in [0.25, 0.3) is 0 Å². The van der Waals surface area contributed by atoms with Gasteiger partial charge in [-0.1, -0.05) is 6.92 Å². The lowest BCUT2D eigenvalue weighted by atomic mass is 9.97. The smallest absolute Gasteiger partial charge is 0.233 e. The van der Waals surface area contributed by atoms with Crippen LogP contribution in [0.5, 0.6) is 0 Å². The van der Waals surface area contributed by atoms with Crippen LogP contribution in [-0.2, 0) is 4.79 Å². The molecule has 1 aliphatic rings. The van der Waals surface area contributed by atoms with Crippen molar-refractivity contribution in [1.29, 1.82) is 0 Å². The first kappa shape index (κ1) is 13.5. The summed E-state index contributed by atoms with van der Waals surface area (Å²) in [5.74, 6) is 0.889. The highest BCUT2D eigenvalue weighted by Gasteiger charge is 2.17. The molecular formula is C12H25N3O. The van der Waals surface area contributed by atoms with Crippen molar-refractivity contribution in [2.75, 3.05) is 39.8 Å². The Morgan fingerprint density at radius 1 is 1.44 bits per heavy atom. The minimum absolute atomic E-state index is 0.127. The Hall–Kier alpha value is -0.610. The molecule has 0 bridgehead atoms. The van der Waals surface area contributed by atoms with Gasteiger partial charge in [-0.3, -0.25) is 9.69 Å². The Bertz CT molecular complexity index is 202. The molecule has 0 saturated carbocycles. The van der Waals surface area contributed by atoms with E-state index in [4.69, 9.17) is 0 Å². The molecule has 1 aliphatic heterocycles. The van der Waals surface area contributed by atoms with Crippen molar-refractivity contribution in [3.05, 3.63) is 0 Å². The summed E-state index contributed by atoms with van der Waals surface area (Å²) < 4.78 is 0. The molecular weight excluding hydrogens is 202 g/mol. The number of likely N-dealkylation sites (N-methyl/N-ethyl adjacent to an activating group) is 1. The van der Waals surface area contributed by atoms with E-state index in [2.05, 4.69) is 22.5 Å². The van der Waals surface area contributed by atoms with E-state index in [1.54, 1.807) is 7.05 Å². The van der Waals surface area contributed by atoms with Crippen LogP contribution in [0.2, 0.25) is 0 Å². The van der Waals surface area contributed by atoms with Gasteiger partial charge in [0, 0.05) is 13.6 Å². The van der Waals surface area contributed by atoms with Crippen molar-refractivity contribution in [3.63, 3.8) is 0 Å². The van der Waals surface area contributed by atoms with Crippen LogP contribution in [0.4, 0.5) is 0 Å². The zero-order chi connectivity index (χ0) is 11.8. The number of amides is 1. The van der Waals surface area contributed by atoms with Crippen LogP contribution < -0.4 is 10.6 Å². The SMILES string of the molecule is CCCN(CC(=O)NC)CC1CCNCC1. The van der Waals surface area contributed by atoms with Gasteiger partial charge in [-0.2, -0.15) is 0 Å². The zero-order valence-corrected chi connectivity index (χ0v) is 10.6. The summed E-state index contributed by atoms with van der Waals surface area (Å²) in [6, 6.07) is 0. The summed E-state index contributed by atoms with van der Waals surface area (Å²) in [5.41, 5.74) is 0. The second-order valence-electron chi connectivity index (χ2n) is 4.60. The fourth-order valence-corrected chi connectivity index (χ4v) is 2.26. The molecule has 0 aromatic carbocycles. The largest absolute Gasteiger partial charge is 0.358 e. The number of nitrogens with one attached hydrogen (secondary N) is 2. The molecule has 16 heavy (non-hydrogen) atoms. The second kappa shape index (κ2) is 7.63. The number of rotatable bonds is 6. The number of hydrogen-bond acceptors (Lipinski definition) is 3.